The van der Waals surface area contributed by atoms with Crippen molar-refractivity contribution in [3.8, 4) is 17.2 Å². The summed E-state index contributed by atoms with van der Waals surface area (Å²) in [5.41, 5.74) is 1.35. The van der Waals surface area contributed by atoms with Crippen LogP contribution in [0.2, 0.25) is 0 Å². The monoisotopic (exact) mass is 506 g/mol. The maximum Gasteiger partial charge on any atom is 0.231 e. The average Bonchev–Trinajstić information content (AvgIpc) is 3.32. The molecule has 2 heterocycles. The van der Waals surface area contributed by atoms with Crippen LogP contribution in [-0.4, -0.2) is 77.9 Å². The molecule has 2 aliphatic heterocycles. The van der Waals surface area contributed by atoms with Crippen molar-refractivity contribution in [3.05, 3.63) is 53.1 Å². The fourth-order valence-corrected chi connectivity index (χ4v) is 4.08. The normalized spacial score (nSPS) is 24.7. The Morgan fingerprint density at radius 3 is 2.64 bits per heavy atom. The number of hydrogen-bond donors (Lipinski definition) is 4. The van der Waals surface area contributed by atoms with Crippen LogP contribution in [0.1, 0.15) is 40.4 Å². The third-order valence-corrected chi connectivity index (χ3v) is 6.06. The molecule has 0 amide bonds. The summed E-state index contributed by atoms with van der Waals surface area (Å²) in [6.07, 6.45) is -3.68. The maximum atomic E-state index is 11.8. The van der Waals surface area contributed by atoms with Gasteiger partial charge in [0.05, 0.1) is 19.3 Å². The van der Waals surface area contributed by atoms with Crippen LogP contribution in [0.15, 0.2) is 36.4 Å². The number of aliphatic hydroxyl groups is 4. The second kappa shape index (κ2) is 12.0. The number of ether oxygens (including phenoxy) is 4. The highest BCUT2D eigenvalue weighted by Crippen LogP contribution is 2.34. The van der Waals surface area contributed by atoms with Gasteiger partial charge in [0.15, 0.2) is 30.2 Å². The molecule has 11 nitrogen and oxygen atoms in total. The largest absolute Gasteiger partial charge is 0.493 e. The molecule has 6 atom stereocenters. The first-order valence-corrected chi connectivity index (χ1v) is 11.6. The molecular formula is C25H30O11. The van der Waals surface area contributed by atoms with Gasteiger partial charge in [0, 0.05) is 13.0 Å². The Labute approximate surface area is 207 Å². The van der Waals surface area contributed by atoms with Crippen molar-refractivity contribution < 1.29 is 53.9 Å². The molecule has 0 radical (unpaired) electrons. The van der Waals surface area contributed by atoms with Crippen LogP contribution in [0.25, 0.3) is 0 Å². The Morgan fingerprint density at radius 1 is 1.11 bits per heavy atom. The van der Waals surface area contributed by atoms with E-state index in [0.29, 0.717) is 42.6 Å². The number of rotatable bonds is 12. The molecular weight excluding hydrogens is 476 g/mol. The summed E-state index contributed by atoms with van der Waals surface area (Å²) in [4.78, 5) is 21.7. The number of aliphatic hydroxyl groups excluding tert-OH is 4. The van der Waals surface area contributed by atoms with Gasteiger partial charge in [-0.1, -0.05) is 12.1 Å². The van der Waals surface area contributed by atoms with Crippen molar-refractivity contribution in [2.75, 3.05) is 20.3 Å². The highest BCUT2D eigenvalue weighted by molar-refractivity contribution is 5.79. The van der Waals surface area contributed by atoms with Crippen LogP contribution in [0.3, 0.4) is 0 Å². The van der Waals surface area contributed by atoms with Gasteiger partial charge in [-0.25, -0.2) is 9.78 Å². The summed E-state index contributed by atoms with van der Waals surface area (Å²) >= 11 is 0. The fraction of sp³-hybridized carbons (Fsp3) is 0.480. The number of aryl methyl sites for hydroxylation is 1. The number of benzene rings is 2. The predicted octanol–water partition coefficient (Wildman–Crippen LogP) is 1.05. The number of hydrogen-bond acceptors (Lipinski definition) is 11. The van der Waals surface area contributed by atoms with Crippen molar-refractivity contribution in [1.29, 1.82) is 0 Å². The first-order valence-electron chi connectivity index (χ1n) is 11.6. The Morgan fingerprint density at radius 2 is 1.92 bits per heavy atom. The lowest BCUT2D eigenvalue weighted by atomic mass is 10.0. The van der Waals surface area contributed by atoms with E-state index in [1.807, 2.05) is 6.07 Å². The van der Waals surface area contributed by atoms with E-state index in [-0.39, 0.29) is 17.9 Å². The van der Waals surface area contributed by atoms with E-state index in [9.17, 15) is 20.1 Å². The molecule has 196 valence electrons. The molecule has 2 bridgehead atoms. The smallest absolute Gasteiger partial charge is 0.231 e. The second-order valence-corrected chi connectivity index (χ2v) is 8.52. The van der Waals surface area contributed by atoms with Crippen molar-refractivity contribution in [3.63, 3.8) is 0 Å². The summed E-state index contributed by atoms with van der Waals surface area (Å²) in [6, 6.07) is 9.64. The Bertz CT molecular complexity index is 1030. The van der Waals surface area contributed by atoms with Gasteiger partial charge in [-0.05, 0) is 48.2 Å². The highest BCUT2D eigenvalue weighted by atomic mass is 17.2. The standard InChI is InChI=1S/C25H30O11/c1-31-19-9-14(3-2-8-26)4-6-18(19)32-21(13-28)23(29)15-5-7-17(16(10-15)12-27)33-25-24(30)20-11-22(34-25)36-35-20/h4-7,9-10,12,20-26,28-30H,2-3,8,11,13H2,1H3. The van der Waals surface area contributed by atoms with Gasteiger partial charge in [-0.2, -0.15) is 0 Å². The molecule has 2 fully saturated rings. The van der Waals surface area contributed by atoms with Gasteiger partial charge >= 0.3 is 0 Å². The summed E-state index contributed by atoms with van der Waals surface area (Å²) in [5.74, 6) is 0.871. The van der Waals surface area contributed by atoms with Crippen molar-refractivity contribution >= 4 is 6.29 Å². The van der Waals surface area contributed by atoms with Crippen molar-refractivity contribution in [2.24, 2.45) is 0 Å². The van der Waals surface area contributed by atoms with Gasteiger partial charge in [-0.15, -0.1) is 0 Å². The minimum absolute atomic E-state index is 0.0735. The molecule has 2 aromatic carbocycles. The minimum atomic E-state index is -1.30. The molecule has 0 aromatic heterocycles. The van der Waals surface area contributed by atoms with Gasteiger partial charge in [-0.3, -0.25) is 4.79 Å². The molecule has 36 heavy (non-hydrogen) atoms. The first kappa shape index (κ1) is 26.3. The quantitative estimate of drug-likeness (QED) is 0.241. The summed E-state index contributed by atoms with van der Waals surface area (Å²) in [5, 5.41) is 40.2. The second-order valence-electron chi connectivity index (χ2n) is 8.52. The topological polar surface area (TPSA) is 153 Å². The minimum Gasteiger partial charge on any atom is -0.493 e. The molecule has 0 spiro atoms. The zero-order chi connectivity index (χ0) is 25.7. The van der Waals surface area contributed by atoms with Crippen LogP contribution < -0.4 is 14.2 Å². The Hall–Kier alpha value is -2.77. The van der Waals surface area contributed by atoms with E-state index in [4.69, 9.17) is 33.8 Å². The molecule has 2 aromatic rings. The lowest BCUT2D eigenvalue weighted by Crippen LogP contribution is -2.47. The Kier molecular flexibility index (Phi) is 8.75. The predicted molar refractivity (Wildman–Crippen MR) is 123 cm³/mol. The third-order valence-electron chi connectivity index (χ3n) is 6.06. The lowest BCUT2D eigenvalue weighted by Gasteiger charge is -2.30. The third kappa shape index (κ3) is 5.79. The maximum absolute atomic E-state index is 11.8. The molecule has 4 rings (SSSR count). The van der Waals surface area contributed by atoms with E-state index < -0.39 is 43.6 Å². The molecule has 2 aliphatic rings. The number of aldehydes is 1. The number of carbonyl (C=O) groups is 1. The van der Waals surface area contributed by atoms with Crippen LogP contribution in [-0.2, 0) is 20.9 Å². The number of fused-ring (bicyclic) bond motifs is 2. The molecule has 11 heteroatoms. The van der Waals surface area contributed by atoms with E-state index in [1.165, 1.54) is 25.3 Å². The van der Waals surface area contributed by atoms with E-state index in [0.717, 1.165) is 5.56 Å². The average molecular weight is 507 g/mol. The van der Waals surface area contributed by atoms with Crippen molar-refractivity contribution in [2.45, 2.75) is 56.3 Å². The molecule has 2 saturated heterocycles. The molecule has 0 saturated carbocycles. The lowest BCUT2D eigenvalue weighted by molar-refractivity contribution is -0.335. The zero-order valence-corrected chi connectivity index (χ0v) is 19.7. The summed E-state index contributed by atoms with van der Waals surface area (Å²) in [7, 11) is 1.48. The van der Waals surface area contributed by atoms with Crippen LogP contribution in [0.5, 0.6) is 17.2 Å². The van der Waals surface area contributed by atoms with E-state index in [2.05, 4.69) is 0 Å². The highest BCUT2D eigenvalue weighted by Gasteiger charge is 2.46. The fourth-order valence-electron chi connectivity index (χ4n) is 4.08. The van der Waals surface area contributed by atoms with E-state index >= 15 is 0 Å². The molecule has 0 aliphatic carbocycles. The van der Waals surface area contributed by atoms with Crippen LogP contribution in [0.4, 0.5) is 0 Å². The van der Waals surface area contributed by atoms with Crippen LogP contribution in [0, 0.1) is 0 Å². The zero-order valence-electron chi connectivity index (χ0n) is 19.7. The van der Waals surface area contributed by atoms with Gasteiger partial charge in [0.25, 0.3) is 0 Å². The van der Waals surface area contributed by atoms with Gasteiger partial charge < -0.3 is 39.4 Å². The van der Waals surface area contributed by atoms with E-state index in [1.54, 1.807) is 12.1 Å². The first-order chi connectivity index (χ1) is 17.5. The summed E-state index contributed by atoms with van der Waals surface area (Å²) < 4.78 is 22.4. The van der Waals surface area contributed by atoms with Crippen LogP contribution >= 0.6 is 0 Å². The number of carbonyl (C=O) groups excluding carboxylic acids is 1. The van der Waals surface area contributed by atoms with Crippen molar-refractivity contribution in [1.82, 2.24) is 0 Å². The summed E-state index contributed by atoms with van der Waals surface area (Å²) in [6.45, 7) is -0.444. The molecule has 4 N–H and O–H groups in total. The molecule has 6 unspecified atom stereocenters. The van der Waals surface area contributed by atoms with Gasteiger partial charge in [0.1, 0.15) is 24.1 Å². The van der Waals surface area contributed by atoms with Gasteiger partial charge in [0.2, 0.25) is 6.29 Å². The SMILES string of the molecule is COc1cc(CCCO)ccc1OC(CO)C(O)c1ccc(OC2OC3CC(OO3)C2O)c(C=O)c1. The number of methoxy groups -OCH3 is 1. The Balaban J connectivity index is 1.47.